The zero-order valence-corrected chi connectivity index (χ0v) is 11.6. The van der Waals surface area contributed by atoms with Crippen LogP contribution in [0.25, 0.3) is 0 Å². The standard InChI is InChI=1S/C14H18N2O3/c1-5-14(2,9-15)13(17)16-10-6-11(18-3)8-12(7-10)19-4/h6-8H,5H2,1-4H3,(H,16,17). The first kappa shape index (κ1) is 14.8. The largest absolute Gasteiger partial charge is 0.497 e. The highest BCUT2D eigenvalue weighted by atomic mass is 16.5. The Hall–Kier alpha value is -2.22. The Morgan fingerprint density at radius 1 is 1.32 bits per heavy atom. The number of hydrogen-bond donors (Lipinski definition) is 1. The highest BCUT2D eigenvalue weighted by molar-refractivity contribution is 5.97. The van der Waals surface area contributed by atoms with E-state index < -0.39 is 5.41 Å². The van der Waals surface area contributed by atoms with Gasteiger partial charge in [-0.05, 0) is 13.3 Å². The van der Waals surface area contributed by atoms with E-state index in [-0.39, 0.29) is 5.91 Å². The summed E-state index contributed by atoms with van der Waals surface area (Å²) >= 11 is 0. The van der Waals surface area contributed by atoms with Crippen molar-refractivity contribution in [3.8, 4) is 17.6 Å². The number of methoxy groups -OCH3 is 2. The summed E-state index contributed by atoms with van der Waals surface area (Å²) in [6.45, 7) is 3.41. The van der Waals surface area contributed by atoms with Crippen molar-refractivity contribution in [3.05, 3.63) is 18.2 Å². The van der Waals surface area contributed by atoms with Crippen molar-refractivity contribution < 1.29 is 14.3 Å². The van der Waals surface area contributed by atoms with Gasteiger partial charge in [-0.15, -0.1) is 0 Å². The van der Waals surface area contributed by atoms with Gasteiger partial charge in [0.05, 0.1) is 20.3 Å². The fourth-order valence-corrected chi connectivity index (χ4v) is 1.44. The lowest BCUT2D eigenvalue weighted by Crippen LogP contribution is -2.31. The van der Waals surface area contributed by atoms with Crippen LogP contribution in [0.5, 0.6) is 11.5 Å². The normalized spacial score (nSPS) is 13.0. The lowest BCUT2D eigenvalue weighted by atomic mass is 9.88. The minimum atomic E-state index is -1.05. The number of rotatable bonds is 5. The average molecular weight is 262 g/mol. The maximum atomic E-state index is 12.1. The Labute approximate surface area is 113 Å². The fraction of sp³-hybridized carbons (Fsp3) is 0.429. The monoisotopic (exact) mass is 262 g/mol. The Morgan fingerprint density at radius 3 is 2.21 bits per heavy atom. The van der Waals surface area contributed by atoms with Gasteiger partial charge in [0.2, 0.25) is 5.91 Å². The number of benzene rings is 1. The number of hydrogen-bond acceptors (Lipinski definition) is 4. The van der Waals surface area contributed by atoms with Crippen molar-refractivity contribution in [2.45, 2.75) is 20.3 Å². The van der Waals surface area contributed by atoms with Gasteiger partial charge < -0.3 is 14.8 Å². The summed E-state index contributed by atoms with van der Waals surface area (Å²) in [5.74, 6) is 0.808. The van der Waals surface area contributed by atoms with Gasteiger partial charge in [0.25, 0.3) is 0 Å². The van der Waals surface area contributed by atoms with Gasteiger partial charge in [-0.25, -0.2) is 0 Å². The number of nitrogens with one attached hydrogen (secondary N) is 1. The summed E-state index contributed by atoms with van der Waals surface area (Å²) < 4.78 is 10.2. The van der Waals surface area contributed by atoms with Gasteiger partial charge in [0.15, 0.2) is 0 Å². The number of nitriles is 1. The molecule has 0 fully saturated rings. The van der Waals surface area contributed by atoms with Crippen LogP contribution in [0, 0.1) is 16.7 Å². The first-order valence-electron chi connectivity index (χ1n) is 5.95. The van der Waals surface area contributed by atoms with Crippen LogP contribution in [0.4, 0.5) is 5.69 Å². The minimum Gasteiger partial charge on any atom is -0.497 e. The molecule has 102 valence electrons. The molecule has 1 aromatic carbocycles. The molecule has 5 nitrogen and oxygen atoms in total. The number of anilines is 1. The molecule has 5 heteroatoms. The third kappa shape index (κ3) is 3.38. The van der Waals surface area contributed by atoms with E-state index in [9.17, 15) is 4.79 Å². The van der Waals surface area contributed by atoms with Crippen LogP contribution in [-0.4, -0.2) is 20.1 Å². The fourth-order valence-electron chi connectivity index (χ4n) is 1.44. The van der Waals surface area contributed by atoms with E-state index in [1.807, 2.05) is 6.07 Å². The van der Waals surface area contributed by atoms with Crippen molar-refractivity contribution in [2.75, 3.05) is 19.5 Å². The second-order valence-electron chi connectivity index (χ2n) is 4.35. The van der Waals surface area contributed by atoms with Gasteiger partial charge >= 0.3 is 0 Å². The molecule has 0 aliphatic heterocycles. The quantitative estimate of drug-likeness (QED) is 0.885. The van der Waals surface area contributed by atoms with Crippen molar-refractivity contribution in [1.82, 2.24) is 0 Å². The molecule has 1 rings (SSSR count). The lowest BCUT2D eigenvalue weighted by Gasteiger charge is -2.19. The molecule has 1 unspecified atom stereocenters. The summed E-state index contributed by atoms with van der Waals surface area (Å²) in [7, 11) is 3.07. The van der Waals surface area contributed by atoms with Crippen LogP contribution >= 0.6 is 0 Å². The molecule has 1 atom stereocenters. The smallest absolute Gasteiger partial charge is 0.244 e. The van der Waals surface area contributed by atoms with E-state index >= 15 is 0 Å². The van der Waals surface area contributed by atoms with Crippen LogP contribution in [0.15, 0.2) is 18.2 Å². The molecular formula is C14H18N2O3. The van der Waals surface area contributed by atoms with Gasteiger partial charge in [0.1, 0.15) is 16.9 Å². The van der Waals surface area contributed by atoms with E-state index in [2.05, 4.69) is 5.32 Å². The van der Waals surface area contributed by atoms with E-state index in [0.717, 1.165) is 0 Å². The molecule has 0 heterocycles. The third-order valence-electron chi connectivity index (χ3n) is 3.06. The molecular weight excluding hydrogens is 244 g/mol. The molecule has 1 N–H and O–H groups in total. The zero-order chi connectivity index (χ0) is 14.5. The average Bonchev–Trinajstić information content (AvgIpc) is 2.45. The SMILES string of the molecule is CCC(C)(C#N)C(=O)Nc1cc(OC)cc(OC)c1. The molecule has 0 saturated heterocycles. The summed E-state index contributed by atoms with van der Waals surface area (Å²) in [6.07, 6.45) is 0.441. The van der Waals surface area contributed by atoms with Crippen molar-refractivity contribution in [3.63, 3.8) is 0 Å². The Balaban J connectivity index is 3.00. The van der Waals surface area contributed by atoms with Gasteiger partial charge in [-0.1, -0.05) is 6.92 Å². The molecule has 0 saturated carbocycles. The predicted octanol–water partition coefficient (Wildman–Crippen LogP) is 2.58. The summed E-state index contributed by atoms with van der Waals surface area (Å²) in [6, 6.07) is 7.09. The molecule has 0 radical (unpaired) electrons. The first-order valence-corrected chi connectivity index (χ1v) is 5.95. The van der Waals surface area contributed by atoms with Gasteiger partial charge in [-0.2, -0.15) is 5.26 Å². The molecule has 0 spiro atoms. The molecule has 0 aromatic heterocycles. The molecule has 19 heavy (non-hydrogen) atoms. The zero-order valence-electron chi connectivity index (χ0n) is 11.6. The van der Waals surface area contributed by atoms with E-state index in [1.54, 1.807) is 32.0 Å². The third-order valence-corrected chi connectivity index (χ3v) is 3.06. The van der Waals surface area contributed by atoms with Crippen LogP contribution in [0.1, 0.15) is 20.3 Å². The number of ether oxygens (including phenoxy) is 2. The molecule has 1 amide bonds. The maximum absolute atomic E-state index is 12.1. The summed E-state index contributed by atoms with van der Waals surface area (Å²) in [5.41, 5.74) is -0.507. The minimum absolute atomic E-state index is 0.340. The van der Waals surface area contributed by atoms with E-state index in [0.29, 0.717) is 23.6 Å². The van der Waals surface area contributed by atoms with Crippen LogP contribution in [0.2, 0.25) is 0 Å². The highest BCUT2D eigenvalue weighted by Crippen LogP contribution is 2.28. The topological polar surface area (TPSA) is 71.4 Å². The number of nitrogens with zero attached hydrogens (tertiary/aromatic N) is 1. The van der Waals surface area contributed by atoms with Crippen molar-refractivity contribution >= 4 is 11.6 Å². The van der Waals surface area contributed by atoms with E-state index in [4.69, 9.17) is 14.7 Å². The van der Waals surface area contributed by atoms with Crippen molar-refractivity contribution in [2.24, 2.45) is 5.41 Å². The first-order chi connectivity index (χ1) is 8.98. The maximum Gasteiger partial charge on any atom is 0.244 e. The number of carbonyl (C=O) groups is 1. The Bertz CT molecular complexity index is 486. The van der Waals surface area contributed by atoms with Crippen LogP contribution < -0.4 is 14.8 Å². The molecule has 0 bridgehead atoms. The Morgan fingerprint density at radius 2 is 1.84 bits per heavy atom. The summed E-state index contributed by atoms with van der Waals surface area (Å²) in [4.78, 5) is 12.1. The van der Waals surface area contributed by atoms with Crippen LogP contribution in [-0.2, 0) is 4.79 Å². The van der Waals surface area contributed by atoms with E-state index in [1.165, 1.54) is 14.2 Å². The lowest BCUT2D eigenvalue weighted by molar-refractivity contribution is -0.122. The molecule has 0 aliphatic rings. The summed E-state index contributed by atoms with van der Waals surface area (Å²) in [5, 5.41) is 11.8. The number of amides is 1. The number of carbonyl (C=O) groups excluding carboxylic acids is 1. The molecule has 0 aliphatic carbocycles. The highest BCUT2D eigenvalue weighted by Gasteiger charge is 2.31. The van der Waals surface area contributed by atoms with Crippen LogP contribution in [0.3, 0.4) is 0 Å². The Kier molecular flexibility index (Phi) is 4.76. The van der Waals surface area contributed by atoms with Gasteiger partial charge in [0, 0.05) is 23.9 Å². The second-order valence-corrected chi connectivity index (χ2v) is 4.35. The second kappa shape index (κ2) is 6.10. The van der Waals surface area contributed by atoms with Crippen molar-refractivity contribution in [1.29, 1.82) is 5.26 Å². The van der Waals surface area contributed by atoms with Gasteiger partial charge in [-0.3, -0.25) is 4.79 Å². The molecule has 1 aromatic rings. The predicted molar refractivity (Wildman–Crippen MR) is 72.2 cm³/mol.